The van der Waals surface area contributed by atoms with Crippen molar-refractivity contribution in [2.24, 2.45) is 0 Å². The highest BCUT2D eigenvalue weighted by atomic mass is 35.5. The van der Waals surface area contributed by atoms with Crippen LogP contribution in [0.25, 0.3) is 22.6 Å². The average molecular weight is 496 g/mol. The number of rotatable bonds is 3. The quantitative estimate of drug-likeness (QED) is 0.318. The predicted molar refractivity (Wildman–Crippen MR) is 132 cm³/mol. The molecule has 4 aromatic rings. The van der Waals surface area contributed by atoms with Crippen molar-refractivity contribution in [3.63, 3.8) is 0 Å². The van der Waals surface area contributed by atoms with Crippen molar-refractivity contribution < 1.29 is 8.42 Å². The van der Waals surface area contributed by atoms with Crippen LogP contribution in [0.4, 0.5) is 5.69 Å². The maximum absolute atomic E-state index is 13.6. The van der Waals surface area contributed by atoms with Crippen LogP contribution in [-0.4, -0.2) is 24.9 Å². The number of halogens is 2. The molecule has 5 rings (SSSR count). The van der Waals surface area contributed by atoms with Crippen molar-refractivity contribution >= 4 is 38.9 Å². The number of hydrogen-bond donors (Lipinski definition) is 0. The maximum Gasteiger partial charge on any atom is 0.264 e. The van der Waals surface area contributed by atoms with Gasteiger partial charge in [-0.05, 0) is 55.8 Å². The Balaban J connectivity index is 1.67. The molecule has 0 bridgehead atoms. The third kappa shape index (κ3) is 3.99. The number of aromatic nitrogens is 2. The van der Waals surface area contributed by atoms with E-state index >= 15 is 0 Å². The number of benzene rings is 3. The fourth-order valence-electron chi connectivity index (χ4n) is 3.94. The van der Waals surface area contributed by atoms with Gasteiger partial charge in [-0.25, -0.2) is 18.4 Å². The standard InChI is InChI=1S/C25H19Cl2N3O2S/c1-16-6-12-19(13-7-16)33(31,32)30-15-14-21-23(20-4-2-3-5-22(20)30)28-25(29-24(21)27)17-8-10-18(26)11-9-17/h2-13H,14-15H2,1H3. The molecular weight excluding hydrogens is 477 g/mol. The SMILES string of the molecule is Cc1ccc(S(=O)(=O)N2CCc3c(Cl)nc(-c4ccc(Cl)cc4)nc3-c3ccccc32)cc1. The van der Waals surface area contributed by atoms with Gasteiger partial charge in [0.15, 0.2) is 5.82 Å². The minimum Gasteiger partial charge on any atom is -0.265 e. The first-order chi connectivity index (χ1) is 15.8. The van der Waals surface area contributed by atoms with Crippen LogP contribution in [0.5, 0.6) is 0 Å². The van der Waals surface area contributed by atoms with Crippen LogP contribution >= 0.6 is 23.2 Å². The summed E-state index contributed by atoms with van der Waals surface area (Å²) in [4.78, 5) is 9.56. The summed E-state index contributed by atoms with van der Waals surface area (Å²) < 4.78 is 28.7. The number of aryl methyl sites for hydroxylation is 1. The molecule has 166 valence electrons. The van der Waals surface area contributed by atoms with E-state index in [-0.39, 0.29) is 11.4 Å². The van der Waals surface area contributed by atoms with Crippen LogP contribution in [0.1, 0.15) is 11.1 Å². The normalized spacial score (nSPS) is 13.2. The lowest BCUT2D eigenvalue weighted by Gasteiger charge is -2.24. The third-order valence-electron chi connectivity index (χ3n) is 5.66. The Morgan fingerprint density at radius 3 is 2.30 bits per heavy atom. The summed E-state index contributed by atoms with van der Waals surface area (Å²) in [7, 11) is -3.79. The van der Waals surface area contributed by atoms with Gasteiger partial charge in [-0.15, -0.1) is 0 Å². The number of sulfonamides is 1. The van der Waals surface area contributed by atoms with Crippen LogP contribution in [0, 0.1) is 6.92 Å². The molecule has 0 atom stereocenters. The lowest BCUT2D eigenvalue weighted by atomic mass is 10.0. The molecule has 1 aliphatic rings. The Morgan fingerprint density at radius 2 is 1.58 bits per heavy atom. The van der Waals surface area contributed by atoms with Gasteiger partial charge in [0.1, 0.15) is 5.15 Å². The Hall–Kier alpha value is -2.93. The number of para-hydroxylation sites is 1. The molecule has 1 aliphatic heterocycles. The molecule has 0 N–H and O–H groups in total. The minimum atomic E-state index is -3.79. The lowest BCUT2D eigenvalue weighted by Crippen LogP contribution is -2.32. The molecule has 3 aromatic carbocycles. The van der Waals surface area contributed by atoms with Crippen molar-refractivity contribution in [2.45, 2.75) is 18.2 Å². The Morgan fingerprint density at radius 1 is 0.879 bits per heavy atom. The fourth-order valence-corrected chi connectivity index (χ4v) is 5.82. The second-order valence-electron chi connectivity index (χ2n) is 7.83. The maximum atomic E-state index is 13.6. The second kappa shape index (κ2) is 8.45. The van der Waals surface area contributed by atoms with Crippen LogP contribution in [0.2, 0.25) is 10.2 Å². The molecule has 5 nitrogen and oxygen atoms in total. The van der Waals surface area contributed by atoms with Crippen molar-refractivity contribution in [3.05, 3.63) is 94.1 Å². The molecule has 0 saturated heterocycles. The molecule has 8 heteroatoms. The zero-order chi connectivity index (χ0) is 23.2. The molecule has 2 heterocycles. The van der Waals surface area contributed by atoms with Crippen molar-refractivity contribution in [1.29, 1.82) is 0 Å². The highest BCUT2D eigenvalue weighted by molar-refractivity contribution is 7.92. The summed E-state index contributed by atoms with van der Waals surface area (Å²) in [6, 6.07) is 21.4. The third-order valence-corrected chi connectivity index (χ3v) is 8.05. The summed E-state index contributed by atoms with van der Waals surface area (Å²) in [5.74, 6) is 0.458. The van der Waals surface area contributed by atoms with Gasteiger partial charge in [0.05, 0.1) is 16.3 Å². The largest absolute Gasteiger partial charge is 0.265 e. The van der Waals surface area contributed by atoms with Gasteiger partial charge < -0.3 is 0 Å². The summed E-state index contributed by atoms with van der Waals surface area (Å²) >= 11 is 12.6. The molecule has 1 aromatic heterocycles. The highest BCUT2D eigenvalue weighted by Crippen LogP contribution is 2.40. The monoisotopic (exact) mass is 495 g/mol. The minimum absolute atomic E-state index is 0.226. The molecule has 0 amide bonds. The molecule has 0 fully saturated rings. The van der Waals surface area contributed by atoms with Crippen molar-refractivity contribution in [2.75, 3.05) is 10.8 Å². The lowest BCUT2D eigenvalue weighted by molar-refractivity contribution is 0.591. The number of fused-ring (bicyclic) bond motifs is 3. The first-order valence-electron chi connectivity index (χ1n) is 10.4. The van der Waals surface area contributed by atoms with Crippen LogP contribution < -0.4 is 4.31 Å². The molecule has 0 unspecified atom stereocenters. The molecular formula is C25H19Cl2N3O2S. The number of nitrogens with zero attached hydrogens (tertiary/aromatic N) is 3. The first-order valence-corrected chi connectivity index (χ1v) is 12.6. The smallest absolute Gasteiger partial charge is 0.264 e. The summed E-state index contributed by atoms with van der Waals surface area (Å²) in [6.45, 7) is 2.15. The van der Waals surface area contributed by atoms with E-state index in [0.717, 1.165) is 16.7 Å². The van der Waals surface area contributed by atoms with E-state index < -0.39 is 10.0 Å². The van der Waals surface area contributed by atoms with Gasteiger partial charge in [-0.1, -0.05) is 59.1 Å². The Kier molecular flexibility index (Phi) is 5.60. The predicted octanol–water partition coefficient (Wildman–Crippen LogP) is 6.18. The van der Waals surface area contributed by atoms with Crippen molar-refractivity contribution in [3.8, 4) is 22.6 Å². The zero-order valence-corrected chi connectivity index (χ0v) is 20.0. The summed E-state index contributed by atoms with van der Waals surface area (Å²) in [5.41, 5.74) is 4.39. The van der Waals surface area contributed by atoms with E-state index in [2.05, 4.69) is 4.98 Å². The van der Waals surface area contributed by atoms with Gasteiger partial charge >= 0.3 is 0 Å². The Labute approximate surface area is 202 Å². The molecule has 0 saturated carbocycles. The van der Waals surface area contributed by atoms with E-state index in [1.807, 2.05) is 37.3 Å². The molecule has 0 spiro atoms. The highest BCUT2D eigenvalue weighted by Gasteiger charge is 2.31. The van der Waals surface area contributed by atoms with Crippen LogP contribution in [-0.2, 0) is 16.4 Å². The zero-order valence-electron chi connectivity index (χ0n) is 17.7. The summed E-state index contributed by atoms with van der Waals surface area (Å²) in [6.07, 6.45) is 0.384. The molecule has 0 aliphatic carbocycles. The van der Waals surface area contributed by atoms with E-state index in [1.165, 1.54) is 4.31 Å². The number of hydrogen-bond acceptors (Lipinski definition) is 4. The number of anilines is 1. The second-order valence-corrected chi connectivity index (χ2v) is 10.5. The first kappa shape index (κ1) is 21.9. The van der Waals surface area contributed by atoms with Gasteiger partial charge in [0.2, 0.25) is 0 Å². The van der Waals surface area contributed by atoms with Gasteiger partial charge in [0.25, 0.3) is 10.0 Å². The fraction of sp³-hybridized carbons (Fsp3) is 0.120. The van der Waals surface area contributed by atoms with Gasteiger partial charge in [-0.3, -0.25) is 4.31 Å². The van der Waals surface area contributed by atoms with Crippen LogP contribution in [0.15, 0.2) is 77.7 Å². The van der Waals surface area contributed by atoms with Gasteiger partial charge in [-0.2, -0.15) is 0 Å². The molecule has 0 radical (unpaired) electrons. The Bertz CT molecular complexity index is 1450. The topological polar surface area (TPSA) is 63.2 Å². The summed E-state index contributed by atoms with van der Waals surface area (Å²) in [5, 5.41) is 0.927. The average Bonchev–Trinajstić information content (AvgIpc) is 2.98. The molecule has 33 heavy (non-hydrogen) atoms. The van der Waals surface area contributed by atoms with Crippen molar-refractivity contribution in [1.82, 2.24) is 9.97 Å². The van der Waals surface area contributed by atoms with E-state index in [4.69, 9.17) is 28.2 Å². The van der Waals surface area contributed by atoms with E-state index in [0.29, 0.717) is 39.4 Å². The van der Waals surface area contributed by atoms with Crippen LogP contribution in [0.3, 0.4) is 0 Å². The van der Waals surface area contributed by atoms with Gasteiger partial charge in [0, 0.05) is 28.3 Å². The van der Waals surface area contributed by atoms with E-state index in [1.54, 1.807) is 42.5 Å². The van der Waals surface area contributed by atoms with E-state index in [9.17, 15) is 8.42 Å².